The van der Waals surface area contributed by atoms with Gasteiger partial charge in [0.05, 0.1) is 17.8 Å². The minimum atomic E-state index is 0.148. The molecule has 1 unspecified atom stereocenters. The van der Waals surface area contributed by atoms with Crippen LogP contribution < -0.4 is 5.32 Å². The van der Waals surface area contributed by atoms with Crippen molar-refractivity contribution in [1.82, 2.24) is 15.1 Å². The molecule has 1 spiro atoms. The molecular formula is C17H29N3O. The molecule has 1 aromatic rings. The highest BCUT2D eigenvalue weighted by atomic mass is 16.5. The molecule has 4 nitrogen and oxygen atoms in total. The van der Waals surface area contributed by atoms with E-state index in [1.54, 1.807) is 0 Å². The standard InChI is InChI=1S/C17H29N3O/c1-16(2,3)18-11-14-12-19-20(13-14)15-6-9-21-17(10-15)7-4-5-8-17/h12-13,15,18H,4-11H2,1-3H3. The lowest BCUT2D eigenvalue weighted by molar-refractivity contribution is -0.0910. The predicted octanol–water partition coefficient (Wildman–Crippen LogP) is 3.44. The third-order valence-electron chi connectivity index (χ3n) is 4.83. The maximum Gasteiger partial charge on any atom is 0.0703 e. The molecular weight excluding hydrogens is 262 g/mol. The Hall–Kier alpha value is -0.870. The van der Waals surface area contributed by atoms with Gasteiger partial charge in [-0.25, -0.2) is 0 Å². The van der Waals surface area contributed by atoms with E-state index in [0.29, 0.717) is 6.04 Å². The number of ether oxygens (including phenoxy) is 1. The van der Waals surface area contributed by atoms with Crippen molar-refractivity contribution in [3.05, 3.63) is 18.0 Å². The summed E-state index contributed by atoms with van der Waals surface area (Å²) < 4.78 is 8.31. The monoisotopic (exact) mass is 291 g/mol. The molecule has 1 saturated carbocycles. The zero-order chi connectivity index (χ0) is 14.9. The van der Waals surface area contributed by atoms with Crippen LogP contribution in [0.25, 0.3) is 0 Å². The fourth-order valence-corrected chi connectivity index (χ4v) is 3.63. The number of nitrogens with zero attached hydrogens (tertiary/aromatic N) is 2. The van der Waals surface area contributed by atoms with Crippen LogP contribution in [-0.2, 0) is 11.3 Å². The van der Waals surface area contributed by atoms with Crippen LogP contribution in [0.3, 0.4) is 0 Å². The second-order valence-electron chi connectivity index (χ2n) is 7.82. The van der Waals surface area contributed by atoms with E-state index >= 15 is 0 Å². The van der Waals surface area contributed by atoms with Gasteiger partial charge in [0, 0.05) is 30.5 Å². The Bertz CT molecular complexity index is 469. The van der Waals surface area contributed by atoms with E-state index in [9.17, 15) is 0 Å². The molecule has 2 aliphatic rings. The second-order valence-corrected chi connectivity index (χ2v) is 7.82. The summed E-state index contributed by atoms with van der Waals surface area (Å²) in [4.78, 5) is 0. The maximum atomic E-state index is 6.12. The first-order valence-electron chi connectivity index (χ1n) is 8.38. The van der Waals surface area contributed by atoms with E-state index in [2.05, 4.69) is 42.1 Å². The molecule has 3 rings (SSSR count). The first-order chi connectivity index (χ1) is 9.96. The molecule has 0 amide bonds. The van der Waals surface area contributed by atoms with Crippen LogP contribution in [-0.4, -0.2) is 27.5 Å². The summed E-state index contributed by atoms with van der Waals surface area (Å²) in [6.45, 7) is 8.36. The van der Waals surface area contributed by atoms with Gasteiger partial charge < -0.3 is 10.1 Å². The van der Waals surface area contributed by atoms with Gasteiger partial charge in [-0.1, -0.05) is 12.8 Å². The Balaban J connectivity index is 1.63. The molecule has 21 heavy (non-hydrogen) atoms. The summed E-state index contributed by atoms with van der Waals surface area (Å²) in [5.41, 5.74) is 1.59. The van der Waals surface area contributed by atoms with Gasteiger partial charge >= 0.3 is 0 Å². The molecule has 0 bridgehead atoms. The number of rotatable bonds is 3. The van der Waals surface area contributed by atoms with Gasteiger partial charge in [0.1, 0.15) is 0 Å². The summed E-state index contributed by atoms with van der Waals surface area (Å²) >= 11 is 0. The van der Waals surface area contributed by atoms with Crippen LogP contribution in [0.4, 0.5) is 0 Å². The Morgan fingerprint density at radius 1 is 1.38 bits per heavy atom. The van der Waals surface area contributed by atoms with E-state index in [0.717, 1.165) is 26.0 Å². The molecule has 2 heterocycles. The van der Waals surface area contributed by atoms with Crippen LogP contribution in [0.2, 0.25) is 0 Å². The predicted molar refractivity (Wildman–Crippen MR) is 84.2 cm³/mol. The molecule has 4 heteroatoms. The van der Waals surface area contributed by atoms with E-state index in [1.807, 2.05) is 6.20 Å². The number of hydrogen-bond donors (Lipinski definition) is 1. The quantitative estimate of drug-likeness (QED) is 0.927. The van der Waals surface area contributed by atoms with Gasteiger partial charge in [-0.3, -0.25) is 4.68 Å². The first-order valence-corrected chi connectivity index (χ1v) is 8.38. The fourth-order valence-electron chi connectivity index (χ4n) is 3.63. The van der Waals surface area contributed by atoms with Crippen LogP contribution in [0.5, 0.6) is 0 Å². The van der Waals surface area contributed by atoms with Crippen molar-refractivity contribution < 1.29 is 4.74 Å². The largest absolute Gasteiger partial charge is 0.375 e. The number of hydrogen-bond acceptors (Lipinski definition) is 3. The molecule has 1 aromatic heterocycles. The van der Waals surface area contributed by atoms with Gasteiger partial charge in [0.25, 0.3) is 0 Å². The van der Waals surface area contributed by atoms with Crippen molar-refractivity contribution in [1.29, 1.82) is 0 Å². The van der Waals surface area contributed by atoms with Gasteiger partial charge in [-0.15, -0.1) is 0 Å². The minimum absolute atomic E-state index is 0.148. The third kappa shape index (κ3) is 3.67. The van der Waals surface area contributed by atoms with Crippen molar-refractivity contribution >= 4 is 0 Å². The Morgan fingerprint density at radius 3 is 2.86 bits per heavy atom. The maximum absolute atomic E-state index is 6.12. The Morgan fingerprint density at radius 2 is 2.14 bits per heavy atom. The van der Waals surface area contributed by atoms with E-state index in [4.69, 9.17) is 4.74 Å². The van der Waals surface area contributed by atoms with Crippen LogP contribution >= 0.6 is 0 Å². The summed E-state index contributed by atoms with van der Waals surface area (Å²) in [5, 5.41) is 8.14. The lowest BCUT2D eigenvalue weighted by Crippen LogP contribution is -2.38. The van der Waals surface area contributed by atoms with Crippen molar-refractivity contribution in [3.63, 3.8) is 0 Å². The minimum Gasteiger partial charge on any atom is -0.375 e. The van der Waals surface area contributed by atoms with Crippen LogP contribution in [0.15, 0.2) is 12.4 Å². The summed E-state index contributed by atoms with van der Waals surface area (Å²) in [7, 11) is 0. The Kier molecular flexibility index (Phi) is 4.10. The van der Waals surface area contributed by atoms with Crippen molar-refractivity contribution in [2.45, 2.75) is 83.0 Å². The molecule has 0 aromatic carbocycles. The topological polar surface area (TPSA) is 39.1 Å². The lowest BCUT2D eigenvalue weighted by Gasteiger charge is -2.38. The molecule has 2 fully saturated rings. The highest BCUT2D eigenvalue weighted by Gasteiger charge is 2.40. The summed E-state index contributed by atoms with van der Waals surface area (Å²) in [6, 6.07) is 0.514. The van der Waals surface area contributed by atoms with E-state index in [-0.39, 0.29) is 11.1 Å². The SMILES string of the molecule is CC(C)(C)NCc1cnn(C2CCOC3(CCCC3)C2)c1. The fraction of sp³-hybridized carbons (Fsp3) is 0.824. The van der Waals surface area contributed by atoms with Gasteiger partial charge in [0.15, 0.2) is 0 Å². The van der Waals surface area contributed by atoms with Crippen molar-refractivity contribution in [2.24, 2.45) is 0 Å². The summed E-state index contributed by atoms with van der Waals surface area (Å²) in [6.07, 6.45) is 11.6. The Labute approximate surface area is 128 Å². The van der Waals surface area contributed by atoms with Crippen molar-refractivity contribution in [3.8, 4) is 0 Å². The third-order valence-corrected chi connectivity index (χ3v) is 4.83. The molecule has 0 radical (unpaired) electrons. The van der Waals surface area contributed by atoms with E-state index in [1.165, 1.54) is 31.2 Å². The van der Waals surface area contributed by atoms with Crippen LogP contribution in [0, 0.1) is 0 Å². The summed E-state index contributed by atoms with van der Waals surface area (Å²) in [5.74, 6) is 0. The average molecular weight is 291 g/mol. The molecule has 1 saturated heterocycles. The molecule has 1 aliphatic heterocycles. The highest BCUT2D eigenvalue weighted by Crippen LogP contribution is 2.43. The molecule has 1 N–H and O–H groups in total. The first kappa shape index (κ1) is 15.0. The lowest BCUT2D eigenvalue weighted by atomic mass is 9.89. The number of nitrogens with one attached hydrogen (secondary N) is 1. The molecule has 1 atom stereocenters. The smallest absolute Gasteiger partial charge is 0.0703 e. The number of aromatic nitrogens is 2. The highest BCUT2D eigenvalue weighted by molar-refractivity contribution is 5.06. The normalized spacial score (nSPS) is 25.6. The van der Waals surface area contributed by atoms with Gasteiger partial charge in [-0.05, 0) is 46.5 Å². The molecule has 1 aliphatic carbocycles. The average Bonchev–Trinajstić information content (AvgIpc) is 3.06. The van der Waals surface area contributed by atoms with Crippen LogP contribution in [0.1, 0.15) is 70.9 Å². The van der Waals surface area contributed by atoms with Gasteiger partial charge in [-0.2, -0.15) is 5.10 Å². The second kappa shape index (κ2) is 5.73. The molecule has 118 valence electrons. The zero-order valence-corrected chi connectivity index (χ0v) is 13.7. The van der Waals surface area contributed by atoms with Crippen molar-refractivity contribution in [2.75, 3.05) is 6.61 Å². The zero-order valence-electron chi connectivity index (χ0n) is 13.7. The van der Waals surface area contributed by atoms with Gasteiger partial charge in [0.2, 0.25) is 0 Å². The van der Waals surface area contributed by atoms with E-state index < -0.39 is 0 Å².